The van der Waals surface area contributed by atoms with E-state index < -0.39 is 11.1 Å². The maximum Gasteiger partial charge on any atom is 0.156 e. The first-order chi connectivity index (χ1) is 19.7. The Morgan fingerprint density at radius 1 is 0.927 bits per heavy atom. The van der Waals surface area contributed by atoms with Crippen LogP contribution in [0.5, 0.6) is 0 Å². The average molecular weight is 555 g/mol. The van der Waals surface area contributed by atoms with Gasteiger partial charge in [-0.05, 0) is 56.5 Å². The lowest BCUT2D eigenvalue weighted by Crippen LogP contribution is -2.30. The number of benzene rings is 1. The first-order valence-corrected chi connectivity index (χ1v) is 13.4. The molecular weight excluding hydrogens is 523 g/mol. The molecule has 0 radical (unpaired) electrons. The molecule has 4 aromatic heterocycles. The number of hydrogen-bond donors (Lipinski definition) is 2. The second kappa shape index (κ2) is 10.2. The highest BCUT2D eigenvalue weighted by Crippen LogP contribution is 2.31. The highest BCUT2D eigenvalue weighted by Gasteiger charge is 2.27. The molecule has 1 atom stereocenters. The predicted octanol–water partition coefficient (Wildman–Crippen LogP) is 3.80. The van der Waals surface area contributed by atoms with Gasteiger partial charge in [-0.15, -0.1) is 0 Å². The molecular formula is C30H31FN8O2. The van der Waals surface area contributed by atoms with Crippen molar-refractivity contribution in [1.29, 1.82) is 0 Å². The number of anilines is 1. The van der Waals surface area contributed by atoms with Crippen LogP contribution in [0.1, 0.15) is 44.1 Å². The molecule has 41 heavy (non-hydrogen) atoms. The van der Waals surface area contributed by atoms with Crippen molar-refractivity contribution in [2.24, 2.45) is 0 Å². The summed E-state index contributed by atoms with van der Waals surface area (Å²) in [5.41, 5.74) is 3.06. The van der Waals surface area contributed by atoms with Crippen molar-refractivity contribution in [3.63, 3.8) is 0 Å². The number of fused-ring (bicyclic) bond motifs is 1. The van der Waals surface area contributed by atoms with Crippen molar-refractivity contribution < 1.29 is 14.6 Å². The van der Waals surface area contributed by atoms with Crippen LogP contribution in [0, 0.1) is 5.82 Å². The van der Waals surface area contributed by atoms with Crippen molar-refractivity contribution >= 4 is 16.9 Å². The van der Waals surface area contributed by atoms with Crippen LogP contribution in [0.4, 0.5) is 10.2 Å². The quantitative estimate of drug-likeness (QED) is 0.312. The molecule has 6 rings (SSSR count). The topological polar surface area (TPSA) is 117 Å². The van der Waals surface area contributed by atoms with Crippen molar-refractivity contribution in [2.45, 2.75) is 38.3 Å². The Hall–Kier alpha value is -4.48. The Bertz CT molecular complexity index is 1720. The van der Waals surface area contributed by atoms with Gasteiger partial charge in [-0.2, -0.15) is 10.2 Å². The van der Waals surface area contributed by atoms with E-state index in [2.05, 4.69) is 42.2 Å². The van der Waals surface area contributed by atoms with Crippen LogP contribution in [0.2, 0.25) is 0 Å². The largest absolute Gasteiger partial charge is 0.394 e. The lowest BCUT2D eigenvalue weighted by molar-refractivity contribution is 0.101. The molecule has 0 fully saturated rings. The van der Waals surface area contributed by atoms with Gasteiger partial charge in [0.1, 0.15) is 23.3 Å². The van der Waals surface area contributed by atoms with Gasteiger partial charge in [-0.1, -0.05) is 18.2 Å². The third kappa shape index (κ3) is 4.98. The zero-order chi connectivity index (χ0) is 28.8. The lowest BCUT2D eigenvalue weighted by Gasteiger charge is -2.27. The number of nitrogens with zero attached hydrogens (tertiary/aromatic N) is 8. The summed E-state index contributed by atoms with van der Waals surface area (Å²) >= 11 is 0. The van der Waals surface area contributed by atoms with Gasteiger partial charge in [-0.3, -0.25) is 4.68 Å². The Morgan fingerprint density at radius 3 is 2.37 bits per heavy atom. The highest BCUT2D eigenvalue weighted by molar-refractivity contribution is 5.78. The molecule has 0 aliphatic carbocycles. The van der Waals surface area contributed by atoms with Crippen molar-refractivity contribution in [2.75, 3.05) is 24.6 Å². The van der Waals surface area contributed by atoms with Crippen molar-refractivity contribution in [1.82, 2.24) is 34.3 Å². The molecule has 0 saturated heterocycles. The molecule has 0 saturated carbocycles. The smallest absolute Gasteiger partial charge is 0.156 e. The zero-order valence-electron chi connectivity index (χ0n) is 23.1. The van der Waals surface area contributed by atoms with E-state index in [0.29, 0.717) is 23.5 Å². The number of aliphatic hydroxyl groups is 2. The first kappa shape index (κ1) is 26.7. The van der Waals surface area contributed by atoms with E-state index in [4.69, 9.17) is 0 Å². The van der Waals surface area contributed by atoms with E-state index in [1.54, 1.807) is 48.7 Å². The fourth-order valence-electron chi connectivity index (χ4n) is 4.94. The predicted molar refractivity (Wildman–Crippen MR) is 153 cm³/mol. The summed E-state index contributed by atoms with van der Waals surface area (Å²) in [7, 11) is 0. The van der Waals surface area contributed by atoms with Crippen LogP contribution in [-0.2, 0) is 11.1 Å². The minimum atomic E-state index is -1.34. The maximum atomic E-state index is 13.3. The maximum absolute atomic E-state index is 13.3. The van der Waals surface area contributed by atoms with Crippen LogP contribution < -0.4 is 4.90 Å². The number of hydrogen-bond acceptors (Lipinski definition) is 8. The van der Waals surface area contributed by atoms with Gasteiger partial charge in [0.2, 0.25) is 0 Å². The summed E-state index contributed by atoms with van der Waals surface area (Å²) in [6, 6.07) is 7.82. The second-order valence-electron chi connectivity index (χ2n) is 11.1. The third-order valence-electron chi connectivity index (χ3n) is 7.72. The molecule has 0 bridgehead atoms. The molecule has 0 spiro atoms. The lowest BCUT2D eigenvalue weighted by atomic mass is 9.90. The van der Waals surface area contributed by atoms with Gasteiger partial charge in [0, 0.05) is 54.6 Å². The Kier molecular flexibility index (Phi) is 6.63. The average Bonchev–Trinajstić information content (AvgIpc) is 3.66. The van der Waals surface area contributed by atoms with Crippen LogP contribution in [0.25, 0.3) is 22.2 Å². The Morgan fingerprint density at radius 2 is 1.68 bits per heavy atom. The monoisotopic (exact) mass is 554 g/mol. The minimum Gasteiger partial charge on any atom is -0.394 e. The molecule has 11 heteroatoms. The number of halogens is 1. The fourth-order valence-corrected chi connectivity index (χ4v) is 4.94. The Balaban J connectivity index is 1.20. The first-order valence-electron chi connectivity index (χ1n) is 13.4. The summed E-state index contributed by atoms with van der Waals surface area (Å²) < 4.78 is 16.9. The van der Waals surface area contributed by atoms with E-state index in [-0.39, 0.29) is 12.4 Å². The molecule has 5 heterocycles. The Labute approximate surface area is 236 Å². The van der Waals surface area contributed by atoms with Gasteiger partial charge in [0.15, 0.2) is 11.6 Å². The standard InChI is InChI=1S/C30H31FN8O2/c1-29(2,18-40)39-17-22(13-35-39)21-12-26-28(34-19-36-38(26)16-21)37-10-8-20(9-11-37)27-32-14-24(15-33-27)30(3,41)23-4-6-25(31)7-5-23/h4-8,12-17,19,40-41H,9-11,18H2,1-3H3. The van der Waals surface area contributed by atoms with Gasteiger partial charge >= 0.3 is 0 Å². The van der Waals surface area contributed by atoms with E-state index in [1.807, 2.05) is 30.8 Å². The molecule has 210 valence electrons. The molecule has 0 amide bonds. The SMILES string of the molecule is CC(O)(c1ccc(F)cc1)c1cnc(C2=CCN(c3ncnn4cc(-c5cnn(C(C)(C)CO)c5)cc34)CC2)nc1. The number of aliphatic hydroxyl groups excluding tert-OH is 1. The number of rotatable bonds is 7. The molecule has 2 N–H and O–H groups in total. The van der Waals surface area contributed by atoms with Crippen LogP contribution in [0.3, 0.4) is 0 Å². The summed E-state index contributed by atoms with van der Waals surface area (Å²) in [5.74, 6) is 1.09. The minimum absolute atomic E-state index is 0.0159. The normalized spacial score (nSPS) is 15.7. The van der Waals surface area contributed by atoms with E-state index in [1.165, 1.54) is 12.1 Å². The van der Waals surface area contributed by atoms with Crippen LogP contribution in [0.15, 0.2) is 73.7 Å². The second-order valence-corrected chi connectivity index (χ2v) is 11.1. The summed E-state index contributed by atoms with van der Waals surface area (Å²) in [6.07, 6.45) is 13.3. The molecule has 1 aliphatic heterocycles. The summed E-state index contributed by atoms with van der Waals surface area (Å²) in [6.45, 7) is 6.84. The van der Waals surface area contributed by atoms with Gasteiger partial charge < -0.3 is 15.1 Å². The van der Waals surface area contributed by atoms with Crippen LogP contribution in [-0.4, -0.2) is 64.3 Å². The van der Waals surface area contributed by atoms with Gasteiger partial charge in [-0.25, -0.2) is 23.9 Å². The van der Waals surface area contributed by atoms with E-state index in [9.17, 15) is 14.6 Å². The highest BCUT2D eigenvalue weighted by atomic mass is 19.1. The summed E-state index contributed by atoms with van der Waals surface area (Å²) in [4.78, 5) is 15.9. The molecule has 1 unspecified atom stereocenters. The molecule has 5 aromatic rings. The summed E-state index contributed by atoms with van der Waals surface area (Å²) in [5, 5.41) is 29.6. The van der Waals surface area contributed by atoms with Crippen LogP contribution >= 0.6 is 0 Å². The number of aromatic nitrogens is 7. The molecule has 1 aliphatic rings. The third-order valence-corrected chi connectivity index (χ3v) is 7.72. The van der Waals surface area contributed by atoms with E-state index >= 15 is 0 Å². The van der Waals surface area contributed by atoms with Crippen molar-refractivity contribution in [3.05, 3.63) is 96.5 Å². The fraction of sp³-hybridized carbons (Fsp3) is 0.300. The van der Waals surface area contributed by atoms with E-state index in [0.717, 1.165) is 41.0 Å². The zero-order valence-corrected chi connectivity index (χ0v) is 23.1. The van der Waals surface area contributed by atoms with Gasteiger partial charge in [0.05, 0.1) is 18.3 Å². The molecule has 10 nitrogen and oxygen atoms in total. The van der Waals surface area contributed by atoms with Crippen molar-refractivity contribution in [3.8, 4) is 11.1 Å². The van der Waals surface area contributed by atoms with Gasteiger partial charge in [0.25, 0.3) is 0 Å². The molecule has 1 aromatic carbocycles.